The minimum absolute atomic E-state index is 0.150. The van der Waals surface area contributed by atoms with Gasteiger partial charge < -0.3 is 4.74 Å². The molecule has 0 aromatic carbocycles. The Morgan fingerprint density at radius 3 is 2.55 bits per heavy atom. The van der Waals surface area contributed by atoms with Gasteiger partial charge in [0.25, 0.3) is 5.69 Å². The number of carbonyl (C=O) groups is 2. The number of thioether (sulfide) groups is 1. The third-order valence-corrected chi connectivity index (χ3v) is 4.93. The van der Waals surface area contributed by atoms with E-state index in [-0.39, 0.29) is 18.1 Å². The Bertz CT molecular complexity index is 550. The van der Waals surface area contributed by atoms with Crippen LogP contribution in [0.4, 0.5) is 5.69 Å². The molecule has 1 heterocycles. The van der Waals surface area contributed by atoms with Crippen molar-refractivity contribution in [1.29, 1.82) is 0 Å². The Kier molecular flexibility index (Phi) is 5.29. The number of Topliss-reactive ketones (excluding diaryl/α,β-unsaturated/α-hetero) is 1. The van der Waals surface area contributed by atoms with Crippen LogP contribution in [-0.4, -0.2) is 28.0 Å². The molecule has 0 atom stereocenters. The molecule has 110 valence electrons. The van der Waals surface area contributed by atoms with Gasteiger partial charge in [0.1, 0.15) is 8.96 Å². The molecule has 0 saturated carbocycles. The van der Waals surface area contributed by atoms with Crippen LogP contribution in [0.1, 0.15) is 37.4 Å². The summed E-state index contributed by atoms with van der Waals surface area (Å²) in [7, 11) is 0. The summed E-state index contributed by atoms with van der Waals surface area (Å²) < 4.78 is 4.31. The molecule has 0 aliphatic carbocycles. The first-order valence-electron chi connectivity index (χ1n) is 5.84. The van der Waals surface area contributed by atoms with Crippen molar-refractivity contribution in [3.05, 3.63) is 21.1 Å². The minimum atomic E-state index is -0.959. The summed E-state index contributed by atoms with van der Waals surface area (Å²) in [5.41, 5.74) is -0.150. The number of ketones is 1. The molecule has 0 radical (unpaired) electrons. The highest BCUT2D eigenvalue weighted by Gasteiger charge is 2.35. The minimum Gasteiger partial charge on any atom is -0.465 e. The Morgan fingerprint density at radius 1 is 1.50 bits per heavy atom. The average Bonchev–Trinajstić information content (AvgIpc) is 2.72. The van der Waals surface area contributed by atoms with Gasteiger partial charge in [-0.25, -0.2) is 0 Å². The quantitative estimate of drug-likeness (QED) is 0.263. The van der Waals surface area contributed by atoms with E-state index >= 15 is 0 Å². The molecule has 0 aliphatic rings. The van der Waals surface area contributed by atoms with Crippen LogP contribution in [-0.2, 0) is 9.53 Å². The first-order valence-corrected chi connectivity index (χ1v) is 7.47. The van der Waals surface area contributed by atoms with Crippen molar-refractivity contribution in [2.45, 2.75) is 36.7 Å². The average molecular weight is 317 g/mol. The van der Waals surface area contributed by atoms with Gasteiger partial charge in [-0.3, -0.25) is 19.7 Å². The summed E-state index contributed by atoms with van der Waals surface area (Å²) >= 11 is 2.06. The van der Waals surface area contributed by atoms with Crippen LogP contribution >= 0.6 is 23.1 Å². The predicted octanol–water partition coefficient (Wildman–Crippen LogP) is 3.29. The van der Waals surface area contributed by atoms with Crippen molar-refractivity contribution >= 4 is 40.5 Å². The number of rotatable bonds is 6. The molecule has 0 spiro atoms. The Morgan fingerprint density at radius 2 is 2.10 bits per heavy atom. The lowest BCUT2D eigenvalue weighted by Crippen LogP contribution is -2.29. The molecule has 0 aliphatic heterocycles. The standard InChI is InChI=1S/C12H15NO5S2/c1-5-18-11(15)12(3,4)20-10-8(13(16)17)6-9(19-10)7(2)14/h6H,5H2,1-4H3. The molecule has 0 unspecified atom stereocenters. The maximum atomic E-state index is 11.8. The number of hydrogen-bond acceptors (Lipinski definition) is 7. The van der Waals surface area contributed by atoms with Crippen LogP contribution < -0.4 is 0 Å². The molecule has 0 fully saturated rings. The smallest absolute Gasteiger partial charge is 0.322 e. The summed E-state index contributed by atoms with van der Waals surface area (Å²) in [4.78, 5) is 33.9. The first-order chi connectivity index (χ1) is 9.19. The van der Waals surface area contributed by atoms with E-state index in [4.69, 9.17) is 4.74 Å². The second kappa shape index (κ2) is 6.36. The zero-order chi connectivity index (χ0) is 15.5. The van der Waals surface area contributed by atoms with E-state index in [1.807, 2.05) is 0 Å². The maximum absolute atomic E-state index is 11.8. The normalized spacial score (nSPS) is 11.2. The zero-order valence-electron chi connectivity index (χ0n) is 11.6. The topological polar surface area (TPSA) is 86.5 Å². The largest absolute Gasteiger partial charge is 0.465 e. The van der Waals surface area contributed by atoms with E-state index in [1.165, 1.54) is 13.0 Å². The van der Waals surface area contributed by atoms with Crippen molar-refractivity contribution in [2.75, 3.05) is 6.61 Å². The number of thiophene rings is 1. The van der Waals surface area contributed by atoms with Crippen molar-refractivity contribution in [1.82, 2.24) is 0 Å². The van der Waals surface area contributed by atoms with Gasteiger partial charge in [0.15, 0.2) is 5.78 Å². The van der Waals surface area contributed by atoms with Crippen molar-refractivity contribution in [2.24, 2.45) is 0 Å². The fraction of sp³-hybridized carbons (Fsp3) is 0.500. The van der Waals surface area contributed by atoms with Gasteiger partial charge in [-0.15, -0.1) is 11.3 Å². The van der Waals surface area contributed by atoms with Crippen LogP contribution in [0.3, 0.4) is 0 Å². The summed E-state index contributed by atoms with van der Waals surface area (Å²) in [6, 6.07) is 1.25. The predicted molar refractivity (Wildman–Crippen MR) is 77.5 cm³/mol. The molecule has 1 rings (SSSR count). The van der Waals surface area contributed by atoms with Crippen LogP contribution in [0, 0.1) is 10.1 Å². The van der Waals surface area contributed by atoms with Crippen LogP contribution in [0.5, 0.6) is 0 Å². The fourth-order valence-corrected chi connectivity index (χ4v) is 3.97. The van der Waals surface area contributed by atoms with Crippen molar-refractivity contribution in [3.8, 4) is 0 Å². The lowest BCUT2D eigenvalue weighted by Gasteiger charge is -2.20. The monoisotopic (exact) mass is 317 g/mol. The van der Waals surface area contributed by atoms with Crippen molar-refractivity contribution < 1.29 is 19.2 Å². The highest BCUT2D eigenvalue weighted by atomic mass is 32.2. The SMILES string of the molecule is CCOC(=O)C(C)(C)Sc1sc(C(C)=O)cc1[N+](=O)[O-]. The van der Waals surface area contributed by atoms with Crippen LogP contribution in [0.2, 0.25) is 0 Å². The number of nitro groups is 1. The molecule has 1 aromatic rings. The van der Waals surface area contributed by atoms with Crippen molar-refractivity contribution in [3.63, 3.8) is 0 Å². The molecular weight excluding hydrogens is 302 g/mol. The Balaban J connectivity index is 3.10. The first kappa shape index (κ1) is 16.6. The molecule has 0 amide bonds. The van der Waals surface area contributed by atoms with Crippen LogP contribution in [0.15, 0.2) is 10.3 Å². The number of hydrogen-bond donors (Lipinski definition) is 0. The van der Waals surface area contributed by atoms with Gasteiger partial charge in [0, 0.05) is 6.07 Å². The molecule has 1 aromatic heterocycles. The van der Waals surface area contributed by atoms with Crippen LogP contribution in [0.25, 0.3) is 0 Å². The highest BCUT2D eigenvalue weighted by molar-refractivity contribution is 8.03. The third-order valence-electron chi connectivity index (χ3n) is 2.34. The molecule has 8 heteroatoms. The molecule has 6 nitrogen and oxygen atoms in total. The summed E-state index contributed by atoms with van der Waals surface area (Å²) in [5.74, 6) is -0.684. The van der Waals surface area contributed by atoms with E-state index in [0.29, 0.717) is 9.09 Å². The number of nitrogens with zero attached hydrogens (tertiary/aromatic N) is 1. The second-order valence-corrected chi connectivity index (χ2v) is 7.37. The summed E-state index contributed by atoms with van der Waals surface area (Å²) in [6.45, 7) is 6.55. The van der Waals surface area contributed by atoms with Gasteiger partial charge in [-0.1, -0.05) is 11.8 Å². The number of esters is 1. The Hall–Kier alpha value is -1.41. The summed E-state index contributed by atoms with van der Waals surface area (Å²) in [5, 5.41) is 11.0. The Labute approximate surface area is 124 Å². The highest BCUT2D eigenvalue weighted by Crippen LogP contribution is 2.44. The van der Waals surface area contributed by atoms with E-state index in [0.717, 1.165) is 23.1 Å². The van der Waals surface area contributed by atoms with Gasteiger partial charge >= 0.3 is 5.97 Å². The third kappa shape index (κ3) is 3.80. The molecule has 20 heavy (non-hydrogen) atoms. The fourth-order valence-electron chi connectivity index (χ4n) is 1.32. The van der Waals surface area contributed by atoms with E-state index in [9.17, 15) is 19.7 Å². The second-order valence-electron chi connectivity index (χ2n) is 4.43. The molecule has 0 bridgehead atoms. The zero-order valence-corrected chi connectivity index (χ0v) is 13.2. The van der Waals surface area contributed by atoms with Gasteiger partial charge in [0.2, 0.25) is 0 Å². The molecule has 0 N–H and O–H groups in total. The number of ether oxygens (including phenoxy) is 1. The summed E-state index contributed by atoms with van der Waals surface area (Å²) in [6.07, 6.45) is 0. The van der Waals surface area contributed by atoms with E-state index < -0.39 is 15.6 Å². The van der Waals surface area contributed by atoms with Gasteiger partial charge in [0.05, 0.1) is 16.4 Å². The lowest BCUT2D eigenvalue weighted by molar-refractivity contribution is -0.387. The number of carbonyl (C=O) groups excluding carboxylic acids is 2. The van der Waals surface area contributed by atoms with Gasteiger partial charge in [-0.05, 0) is 27.7 Å². The van der Waals surface area contributed by atoms with E-state index in [1.54, 1.807) is 20.8 Å². The maximum Gasteiger partial charge on any atom is 0.322 e. The lowest BCUT2D eigenvalue weighted by atomic mass is 10.2. The van der Waals surface area contributed by atoms with Gasteiger partial charge in [-0.2, -0.15) is 0 Å². The molecule has 0 saturated heterocycles. The van der Waals surface area contributed by atoms with E-state index in [2.05, 4.69) is 0 Å². The molecular formula is C12H15NO5S2.